The zero-order valence-corrected chi connectivity index (χ0v) is 13.3. The largest absolute Gasteiger partial charge is 0.465 e. The molecule has 0 radical (unpaired) electrons. The van der Waals surface area contributed by atoms with Gasteiger partial charge in [-0.1, -0.05) is 36.7 Å². The summed E-state index contributed by atoms with van der Waals surface area (Å²) in [5.74, 6) is 0. The summed E-state index contributed by atoms with van der Waals surface area (Å²) in [6.45, 7) is 3.77. The van der Waals surface area contributed by atoms with Crippen molar-refractivity contribution in [2.24, 2.45) is 0 Å². The number of methoxy groups -OCH3 is 1. The second-order valence-electron chi connectivity index (χ2n) is 4.77. The van der Waals surface area contributed by atoms with Gasteiger partial charge < -0.3 is 14.6 Å². The Hall–Kier alpha value is -1.30. The summed E-state index contributed by atoms with van der Waals surface area (Å²) in [6, 6.07) is 7.17. The molecule has 0 aliphatic rings. The van der Waals surface area contributed by atoms with Gasteiger partial charge in [0.1, 0.15) is 13.0 Å². The molecular weight excluding hydrogens is 294 g/mol. The number of carbonyl (C=O) groups is 1. The fourth-order valence-electron chi connectivity index (χ4n) is 2.22. The van der Waals surface area contributed by atoms with Crippen LogP contribution in [0.3, 0.4) is 0 Å². The predicted octanol–water partition coefficient (Wildman–Crippen LogP) is 3.61. The number of ether oxygens (including phenoxy) is 2. The van der Waals surface area contributed by atoms with E-state index < -0.39 is 12.3 Å². The molecule has 0 aliphatic carbocycles. The summed E-state index contributed by atoms with van der Waals surface area (Å²) in [5.41, 5.74) is 0.916. The summed E-state index contributed by atoms with van der Waals surface area (Å²) in [7, 11) is 1.50. The third-order valence-electron chi connectivity index (χ3n) is 3.21. The molecule has 6 heteroatoms. The lowest BCUT2D eigenvalue weighted by atomic mass is 10.1. The van der Waals surface area contributed by atoms with E-state index in [2.05, 4.69) is 0 Å². The van der Waals surface area contributed by atoms with Crippen LogP contribution in [0.4, 0.5) is 4.79 Å². The molecule has 2 atom stereocenters. The van der Waals surface area contributed by atoms with Crippen molar-refractivity contribution in [1.29, 1.82) is 0 Å². The maximum absolute atomic E-state index is 11.6. The fourth-order valence-corrected chi connectivity index (χ4v) is 2.43. The van der Waals surface area contributed by atoms with Crippen LogP contribution in [-0.4, -0.2) is 42.3 Å². The first-order valence-corrected chi connectivity index (χ1v) is 7.24. The van der Waals surface area contributed by atoms with Crippen LogP contribution >= 0.6 is 11.6 Å². The van der Waals surface area contributed by atoms with Gasteiger partial charge in [0.25, 0.3) is 0 Å². The van der Waals surface area contributed by atoms with Gasteiger partial charge in [-0.05, 0) is 31.4 Å². The first-order valence-electron chi connectivity index (χ1n) is 6.86. The van der Waals surface area contributed by atoms with Gasteiger partial charge in [0.15, 0.2) is 0 Å². The van der Waals surface area contributed by atoms with Crippen LogP contribution in [0.25, 0.3) is 0 Å². The van der Waals surface area contributed by atoms with Crippen molar-refractivity contribution < 1.29 is 19.4 Å². The maximum atomic E-state index is 11.6. The van der Waals surface area contributed by atoms with Gasteiger partial charge in [-0.25, -0.2) is 4.79 Å². The highest BCUT2D eigenvalue weighted by molar-refractivity contribution is 6.31. The molecule has 118 valence electrons. The summed E-state index contributed by atoms with van der Waals surface area (Å²) in [5, 5.41) is 10.1. The van der Waals surface area contributed by atoms with Gasteiger partial charge in [-0.15, -0.1) is 0 Å². The Labute approximate surface area is 130 Å². The minimum Gasteiger partial charge on any atom is -0.465 e. The first-order chi connectivity index (χ1) is 10.0. The van der Waals surface area contributed by atoms with Gasteiger partial charge in [-0.3, -0.25) is 4.90 Å². The lowest BCUT2D eigenvalue weighted by molar-refractivity contribution is -0.131. The highest BCUT2D eigenvalue weighted by Gasteiger charge is 2.28. The van der Waals surface area contributed by atoms with Gasteiger partial charge >= 0.3 is 6.09 Å². The number of hydrogen-bond donors (Lipinski definition) is 1. The van der Waals surface area contributed by atoms with E-state index in [1.807, 2.05) is 32.0 Å². The summed E-state index contributed by atoms with van der Waals surface area (Å²) in [6.07, 6.45) is -0.487. The van der Waals surface area contributed by atoms with E-state index >= 15 is 0 Å². The fraction of sp³-hybridized carbons (Fsp3) is 0.533. The number of rotatable bonds is 8. The van der Waals surface area contributed by atoms with E-state index in [0.29, 0.717) is 17.9 Å². The molecule has 0 aromatic heterocycles. The van der Waals surface area contributed by atoms with E-state index in [9.17, 15) is 9.90 Å². The van der Waals surface area contributed by atoms with Gasteiger partial charge in [0.05, 0.1) is 0 Å². The molecule has 0 saturated heterocycles. The molecule has 0 saturated carbocycles. The Morgan fingerprint density at radius 2 is 2.10 bits per heavy atom. The van der Waals surface area contributed by atoms with Crippen LogP contribution in [0, 0.1) is 0 Å². The van der Waals surface area contributed by atoms with Gasteiger partial charge in [0.2, 0.25) is 0 Å². The van der Waals surface area contributed by atoms with Crippen LogP contribution in [0.1, 0.15) is 25.8 Å². The predicted molar refractivity (Wildman–Crippen MR) is 81.5 cm³/mol. The Morgan fingerprint density at radius 3 is 2.62 bits per heavy atom. The highest BCUT2D eigenvalue weighted by atomic mass is 35.5. The number of carboxylic acid groups (broad SMARTS) is 1. The van der Waals surface area contributed by atoms with Crippen molar-refractivity contribution in [3.05, 3.63) is 34.9 Å². The second-order valence-corrected chi connectivity index (χ2v) is 5.18. The lowest BCUT2D eigenvalue weighted by Gasteiger charge is -2.33. The van der Waals surface area contributed by atoms with Gasteiger partial charge in [-0.2, -0.15) is 0 Å². The Bertz CT molecular complexity index is 455. The average molecular weight is 316 g/mol. The smallest absolute Gasteiger partial charge is 0.409 e. The summed E-state index contributed by atoms with van der Waals surface area (Å²) in [4.78, 5) is 12.9. The molecule has 1 rings (SSSR count). The van der Waals surface area contributed by atoms with E-state index in [0.717, 1.165) is 5.56 Å². The van der Waals surface area contributed by atoms with Gasteiger partial charge in [0, 0.05) is 18.2 Å². The van der Waals surface area contributed by atoms with Crippen LogP contribution in [0.5, 0.6) is 0 Å². The lowest BCUT2D eigenvalue weighted by Crippen LogP contribution is -2.47. The Morgan fingerprint density at radius 1 is 1.43 bits per heavy atom. The van der Waals surface area contributed by atoms with Crippen molar-refractivity contribution in [1.82, 2.24) is 4.90 Å². The number of amides is 1. The molecule has 1 aromatic carbocycles. The number of nitrogens with zero attached hydrogens (tertiary/aromatic N) is 1. The highest BCUT2D eigenvalue weighted by Crippen LogP contribution is 2.20. The van der Waals surface area contributed by atoms with Crippen molar-refractivity contribution in [2.45, 2.75) is 39.0 Å². The molecule has 1 amide bonds. The van der Waals surface area contributed by atoms with Crippen LogP contribution < -0.4 is 0 Å². The molecule has 1 N–H and O–H groups in total. The summed E-state index contributed by atoms with van der Waals surface area (Å²) < 4.78 is 10.3. The number of hydrogen-bond acceptors (Lipinski definition) is 3. The molecule has 21 heavy (non-hydrogen) atoms. The first kappa shape index (κ1) is 17.8. The monoisotopic (exact) mass is 315 g/mol. The Balaban J connectivity index is 2.84. The molecule has 0 spiro atoms. The van der Waals surface area contributed by atoms with Crippen LogP contribution in [-0.2, 0) is 15.9 Å². The zero-order valence-electron chi connectivity index (χ0n) is 12.6. The molecule has 5 nitrogen and oxygen atoms in total. The van der Waals surface area contributed by atoms with E-state index in [1.165, 1.54) is 12.0 Å². The molecule has 0 fully saturated rings. The Kier molecular flexibility index (Phi) is 7.50. The molecule has 0 unspecified atom stereocenters. The van der Waals surface area contributed by atoms with E-state index in [4.69, 9.17) is 21.1 Å². The minimum absolute atomic E-state index is 0.0566. The van der Waals surface area contributed by atoms with Crippen molar-refractivity contribution in [3.8, 4) is 0 Å². The van der Waals surface area contributed by atoms with Crippen molar-refractivity contribution >= 4 is 17.7 Å². The van der Waals surface area contributed by atoms with E-state index in [-0.39, 0.29) is 12.8 Å². The quantitative estimate of drug-likeness (QED) is 0.745. The van der Waals surface area contributed by atoms with Crippen molar-refractivity contribution in [2.75, 3.05) is 13.9 Å². The van der Waals surface area contributed by atoms with E-state index in [1.54, 1.807) is 6.07 Å². The topological polar surface area (TPSA) is 59.0 Å². The zero-order chi connectivity index (χ0) is 15.8. The minimum atomic E-state index is -1.02. The third kappa shape index (κ3) is 5.19. The number of halogens is 1. The molecule has 0 bridgehead atoms. The number of benzene rings is 1. The van der Waals surface area contributed by atoms with Crippen molar-refractivity contribution in [3.63, 3.8) is 0 Å². The maximum Gasteiger partial charge on any atom is 0.409 e. The average Bonchev–Trinajstić information content (AvgIpc) is 2.45. The molecular formula is C15H22ClNO4. The molecule has 0 heterocycles. The third-order valence-corrected chi connectivity index (χ3v) is 3.58. The van der Waals surface area contributed by atoms with Crippen LogP contribution in [0.15, 0.2) is 24.3 Å². The molecule has 0 aliphatic heterocycles. The second kappa shape index (κ2) is 8.87. The van der Waals surface area contributed by atoms with Crippen LogP contribution in [0.2, 0.25) is 5.02 Å². The normalized spacial score (nSPS) is 13.7. The standard InChI is InChI=1S/C15H22ClNO4/c1-4-14(21-10-20-3)17(15(18)19)11(2)9-12-7-5-6-8-13(12)16/h5-8,11,14H,4,9-10H2,1-3H3,(H,18,19)/t11-,14-/m1/s1. The summed E-state index contributed by atoms with van der Waals surface area (Å²) >= 11 is 6.13. The SMILES string of the molecule is CC[C@@H](OCOC)N(C(=O)O)[C@H](C)Cc1ccccc1Cl. The molecule has 1 aromatic rings.